The molecule has 2 atom stereocenters. The average molecular weight is 358 g/mol. The van der Waals surface area contributed by atoms with Gasteiger partial charge in [0.1, 0.15) is 17.1 Å². The topological polar surface area (TPSA) is 66.8 Å². The van der Waals surface area contributed by atoms with Crippen molar-refractivity contribution >= 4 is 5.97 Å². The minimum Gasteiger partial charge on any atom is -0.508 e. The molecule has 26 heavy (non-hydrogen) atoms. The molecular formula is C22H30O4. The van der Waals surface area contributed by atoms with Crippen molar-refractivity contribution in [3.05, 3.63) is 34.9 Å². The van der Waals surface area contributed by atoms with Crippen LogP contribution >= 0.6 is 0 Å². The largest absolute Gasteiger partial charge is 0.508 e. The highest BCUT2D eigenvalue weighted by molar-refractivity contribution is 5.87. The standard InChI is InChI=1S/C22H30O4/c1-6-9-21(2,3)14-11-17(23)19-15-10-13(20(24)25)7-8-16(15)22(4,5)26-18(19)12-14/h7,11-12,15-16,23H,6,8-10H2,1-5H3,(H,24,25)/t15-,16?/m1/s1. The first-order valence-corrected chi connectivity index (χ1v) is 9.55. The second-order valence-electron chi connectivity index (χ2n) is 8.93. The minimum atomic E-state index is -0.866. The van der Waals surface area contributed by atoms with E-state index in [-0.39, 0.29) is 23.0 Å². The van der Waals surface area contributed by atoms with Crippen LogP contribution in [0.3, 0.4) is 0 Å². The molecule has 0 aromatic heterocycles. The second-order valence-corrected chi connectivity index (χ2v) is 8.93. The molecule has 1 aliphatic heterocycles. The molecule has 1 aliphatic carbocycles. The molecule has 4 heteroatoms. The summed E-state index contributed by atoms with van der Waals surface area (Å²) in [7, 11) is 0. The van der Waals surface area contributed by atoms with E-state index in [4.69, 9.17) is 4.74 Å². The number of benzene rings is 1. The Morgan fingerprint density at radius 1 is 1.35 bits per heavy atom. The fourth-order valence-corrected chi connectivity index (χ4v) is 4.73. The molecule has 4 nitrogen and oxygen atoms in total. The Labute approximate surface area is 155 Å². The lowest BCUT2D eigenvalue weighted by Crippen LogP contribution is -2.46. The highest BCUT2D eigenvalue weighted by atomic mass is 16.5. The number of ether oxygens (including phenoxy) is 1. The van der Waals surface area contributed by atoms with Crippen LogP contribution in [0, 0.1) is 5.92 Å². The van der Waals surface area contributed by atoms with Gasteiger partial charge in [0.2, 0.25) is 0 Å². The Hall–Kier alpha value is -1.97. The van der Waals surface area contributed by atoms with Crippen LogP contribution in [-0.4, -0.2) is 21.8 Å². The Morgan fingerprint density at radius 3 is 2.65 bits per heavy atom. The van der Waals surface area contributed by atoms with Gasteiger partial charge < -0.3 is 14.9 Å². The van der Waals surface area contributed by atoms with Gasteiger partial charge in [-0.2, -0.15) is 0 Å². The van der Waals surface area contributed by atoms with E-state index >= 15 is 0 Å². The van der Waals surface area contributed by atoms with Crippen molar-refractivity contribution in [2.24, 2.45) is 5.92 Å². The number of hydrogen-bond acceptors (Lipinski definition) is 3. The predicted molar refractivity (Wildman–Crippen MR) is 102 cm³/mol. The summed E-state index contributed by atoms with van der Waals surface area (Å²) in [6.07, 6.45) is 4.99. The molecule has 0 saturated carbocycles. The SMILES string of the molecule is CCCC(C)(C)c1cc(O)c2c(c1)OC(C)(C)C1CC=C(C(=O)O)C[C@@H]21. The minimum absolute atomic E-state index is 0.0341. The number of fused-ring (bicyclic) bond motifs is 3. The number of carboxylic acid groups (broad SMARTS) is 1. The van der Waals surface area contributed by atoms with Gasteiger partial charge in [-0.1, -0.05) is 33.3 Å². The van der Waals surface area contributed by atoms with E-state index < -0.39 is 11.6 Å². The van der Waals surface area contributed by atoms with Gasteiger partial charge in [-0.3, -0.25) is 0 Å². The molecule has 0 fully saturated rings. The van der Waals surface area contributed by atoms with E-state index in [1.54, 1.807) is 0 Å². The number of aliphatic carboxylic acids is 1. The van der Waals surface area contributed by atoms with Crippen LogP contribution in [-0.2, 0) is 10.2 Å². The molecule has 2 aliphatic rings. The van der Waals surface area contributed by atoms with E-state index in [0.717, 1.165) is 24.0 Å². The molecule has 0 amide bonds. The summed E-state index contributed by atoms with van der Waals surface area (Å²) in [4.78, 5) is 11.5. The van der Waals surface area contributed by atoms with Gasteiger partial charge in [-0.05, 0) is 56.2 Å². The number of rotatable bonds is 4. The van der Waals surface area contributed by atoms with Crippen molar-refractivity contribution in [1.82, 2.24) is 0 Å². The summed E-state index contributed by atoms with van der Waals surface area (Å²) in [5, 5.41) is 20.3. The van der Waals surface area contributed by atoms with Crippen molar-refractivity contribution in [1.29, 1.82) is 0 Å². The number of carbonyl (C=O) groups is 1. The van der Waals surface area contributed by atoms with E-state index in [0.29, 0.717) is 24.2 Å². The average Bonchev–Trinajstić information content (AvgIpc) is 2.53. The molecule has 142 valence electrons. The molecule has 1 aromatic carbocycles. The van der Waals surface area contributed by atoms with E-state index in [2.05, 4.69) is 40.7 Å². The molecule has 0 bridgehead atoms. The van der Waals surface area contributed by atoms with Gasteiger partial charge >= 0.3 is 5.97 Å². The Balaban J connectivity index is 2.10. The molecule has 1 unspecified atom stereocenters. The zero-order valence-electron chi connectivity index (χ0n) is 16.4. The maximum absolute atomic E-state index is 11.5. The van der Waals surface area contributed by atoms with E-state index in [1.807, 2.05) is 12.1 Å². The molecule has 1 heterocycles. The van der Waals surface area contributed by atoms with Gasteiger partial charge in [0.05, 0.1) is 0 Å². The third kappa shape index (κ3) is 3.10. The monoisotopic (exact) mass is 358 g/mol. The summed E-state index contributed by atoms with van der Waals surface area (Å²) >= 11 is 0. The highest BCUT2D eigenvalue weighted by Gasteiger charge is 2.47. The first kappa shape index (κ1) is 18.8. The van der Waals surface area contributed by atoms with Crippen molar-refractivity contribution in [3.63, 3.8) is 0 Å². The van der Waals surface area contributed by atoms with Gasteiger partial charge in [-0.25, -0.2) is 4.79 Å². The lowest BCUT2D eigenvalue weighted by atomic mass is 9.66. The van der Waals surface area contributed by atoms with Crippen molar-refractivity contribution in [2.75, 3.05) is 0 Å². The molecule has 1 aromatic rings. The van der Waals surface area contributed by atoms with Crippen molar-refractivity contribution in [2.45, 2.75) is 77.2 Å². The van der Waals surface area contributed by atoms with Gasteiger partial charge in [0, 0.05) is 23.0 Å². The van der Waals surface area contributed by atoms with Crippen molar-refractivity contribution < 1.29 is 19.7 Å². The van der Waals surface area contributed by atoms with Gasteiger partial charge in [-0.15, -0.1) is 0 Å². The number of hydrogen-bond donors (Lipinski definition) is 2. The van der Waals surface area contributed by atoms with Crippen molar-refractivity contribution in [3.8, 4) is 11.5 Å². The number of phenolic OH excluding ortho intramolecular Hbond substituents is 1. The third-order valence-electron chi connectivity index (χ3n) is 6.23. The zero-order chi connectivity index (χ0) is 19.3. The fourth-order valence-electron chi connectivity index (χ4n) is 4.73. The summed E-state index contributed by atoms with van der Waals surface area (Å²) in [5.41, 5.74) is 1.82. The fraction of sp³-hybridized carbons (Fsp3) is 0.591. The smallest absolute Gasteiger partial charge is 0.331 e. The Bertz CT molecular complexity index is 758. The van der Waals surface area contributed by atoms with E-state index in [9.17, 15) is 15.0 Å². The first-order valence-electron chi connectivity index (χ1n) is 9.55. The molecular weight excluding hydrogens is 328 g/mol. The number of aromatic hydroxyl groups is 1. The quantitative estimate of drug-likeness (QED) is 0.781. The number of allylic oxidation sites excluding steroid dienone is 1. The second kappa shape index (κ2) is 6.33. The lowest BCUT2D eigenvalue weighted by Gasteiger charge is -2.47. The van der Waals surface area contributed by atoms with Gasteiger partial charge in [0.15, 0.2) is 0 Å². The maximum Gasteiger partial charge on any atom is 0.331 e. The maximum atomic E-state index is 11.5. The molecule has 0 saturated heterocycles. The number of carboxylic acids is 1. The molecule has 0 spiro atoms. The van der Waals surface area contributed by atoms with Crippen LogP contribution < -0.4 is 4.74 Å². The van der Waals surface area contributed by atoms with Crippen LogP contribution in [0.25, 0.3) is 0 Å². The van der Waals surface area contributed by atoms with Crippen LogP contribution in [0.1, 0.15) is 77.3 Å². The third-order valence-corrected chi connectivity index (χ3v) is 6.23. The Kier molecular flexibility index (Phi) is 4.58. The zero-order valence-corrected chi connectivity index (χ0v) is 16.4. The summed E-state index contributed by atoms with van der Waals surface area (Å²) in [5.74, 6) is 0.196. The predicted octanol–water partition coefficient (Wildman–Crippen LogP) is 5.15. The number of phenols is 1. The lowest BCUT2D eigenvalue weighted by molar-refractivity contribution is -0.133. The molecule has 2 N–H and O–H groups in total. The molecule has 3 rings (SSSR count). The van der Waals surface area contributed by atoms with E-state index in [1.165, 1.54) is 0 Å². The van der Waals surface area contributed by atoms with Gasteiger partial charge in [0.25, 0.3) is 0 Å². The highest BCUT2D eigenvalue weighted by Crippen LogP contribution is 2.55. The Morgan fingerprint density at radius 2 is 2.04 bits per heavy atom. The summed E-state index contributed by atoms with van der Waals surface area (Å²) in [6, 6.07) is 3.91. The van der Waals surface area contributed by atoms with Crippen LogP contribution in [0.2, 0.25) is 0 Å². The summed E-state index contributed by atoms with van der Waals surface area (Å²) in [6.45, 7) is 10.6. The van der Waals surface area contributed by atoms with Crippen LogP contribution in [0.15, 0.2) is 23.8 Å². The molecule has 0 radical (unpaired) electrons. The first-order chi connectivity index (χ1) is 12.1. The normalized spacial score (nSPS) is 24.1. The van der Waals surface area contributed by atoms with Crippen LogP contribution in [0.4, 0.5) is 0 Å². The summed E-state index contributed by atoms with van der Waals surface area (Å²) < 4.78 is 6.34. The van der Waals surface area contributed by atoms with Crippen LogP contribution in [0.5, 0.6) is 11.5 Å².